The molecular weight excluding hydrogens is 753 g/mol. The van der Waals surface area contributed by atoms with Gasteiger partial charge in [-0.2, -0.15) is 0 Å². The number of rotatable bonds is 15. The van der Waals surface area contributed by atoms with Crippen LogP contribution in [-0.4, -0.2) is 65.1 Å². The van der Waals surface area contributed by atoms with E-state index < -0.39 is 37.1 Å². The van der Waals surface area contributed by atoms with E-state index in [-0.39, 0.29) is 37.9 Å². The number of esters is 1. The predicted molar refractivity (Wildman–Crippen MR) is 226 cm³/mol. The fraction of sp³-hybridized carbons (Fsp3) is 0.170. The molecule has 11 heteroatoms. The largest absolute Gasteiger partial charge is 0.508 e. The molecule has 3 atom stereocenters. The van der Waals surface area contributed by atoms with Gasteiger partial charge in [-0.05, 0) is 59.6 Å². The Morgan fingerprint density at radius 2 is 1.45 bits per heavy atom. The molecule has 1 fully saturated rings. The van der Waals surface area contributed by atoms with Gasteiger partial charge in [-0.3, -0.25) is 9.59 Å². The van der Waals surface area contributed by atoms with Crippen LogP contribution in [0.3, 0.4) is 0 Å². The van der Waals surface area contributed by atoms with E-state index in [2.05, 4.69) is 13.2 Å². The number of hydrogen-bond acceptors (Lipinski definition) is 9. The molecule has 0 bridgehead atoms. The third-order valence-electron chi connectivity index (χ3n) is 10.3. The van der Waals surface area contributed by atoms with E-state index >= 15 is 0 Å². The molecule has 0 saturated carbocycles. The molecule has 10 nitrogen and oxygen atoms in total. The molecule has 6 aromatic rings. The summed E-state index contributed by atoms with van der Waals surface area (Å²) in [4.78, 5) is 57.3. The van der Waals surface area contributed by atoms with Gasteiger partial charge in [-0.15, -0.1) is 0 Å². The molecule has 1 N–H and O–H groups in total. The zero-order chi connectivity index (χ0) is 40.8. The number of aliphatic hydroxyl groups excluding tert-OH is 1. The van der Waals surface area contributed by atoms with Crippen molar-refractivity contribution in [3.8, 4) is 0 Å². The number of hydrogen-bond donors (Lipinski definition) is 1. The molecule has 294 valence electrons. The summed E-state index contributed by atoms with van der Waals surface area (Å²) in [7, 11) is 0. The highest BCUT2D eigenvalue weighted by Gasteiger charge is 2.52. The third-order valence-corrected chi connectivity index (χ3v) is 14.3. The van der Waals surface area contributed by atoms with Gasteiger partial charge in [-0.1, -0.05) is 122 Å². The average molecular weight is 796 g/mol. The number of β-lactam (4-membered cyclic amide) rings is 1. The summed E-state index contributed by atoms with van der Waals surface area (Å²) in [6.45, 7) is 5.55. The number of amides is 1. The number of para-hydroxylation sites is 1. The van der Waals surface area contributed by atoms with Crippen LogP contribution in [0.1, 0.15) is 39.6 Å². The Morgan fingerprint density at radius 1 is 0.810 bits per heavy atom. The summed E-state index contributed by atoms with van der Waals surface area (Å²) in [6, 6.07) is 36.4. The minimum atomic E-state index is -3.09. The van der Waals surface area contributed by atoms with Gasteiger partial charge >= 0.3 is 12.1 Å². The average Bonchev–Trinajstić information content (AvgIpc) is 3.64. The van der Waals surface area contributed by atoms with E-state index in [1.165, 1.54) is 12.2 Å². The second kappa shape index (κ2) is 17.3. The zero-order valence-corrected chi connectivity index (χ0v) is 32.8. The normalized spacial score (nSPS) is 15.6. The van der Waals surface area contributed by atoms with Crippen molar-refractivity contribution in [1.82, 2.24) is 4.90 Å². The van der Waals surface area contributed by atoms with Gasteiger partial charge in [-0.25, -0.2) is 9.59 Å². The predicted octanol–water partition coefficient (Wildman–Crippen LogP) is 7.30. The number of nitrogens with zero attached hydrogens (tertiary/aromatic N) is 1. The van der Waals surface area contributed by atoms with Crippen LogP contribution in [0.15, 0.2) is 151 Å². The number of carbonyl (C=O) groups excluding carboxylic acids is 4. The molecule has 7 rings (SSSR count). The van der Waals surface area contributed by atoms with Gasteiger partial charge in [0.15, 0.2) is 5.78 Å². The maximum absolute atomic E-state index is 14.7. The maximum atomic E-state index is 14.7. The van der Waals surface area contributed by atoms with Crippen LogP contribution in [0, 0.1) is 5.92 Å². The van der Waals surface area contributed by atoms with E-state index in [0.717, 1.165) is 16.0 Å². The van der Waals surface area contributed by atoms with Gasteiger partial charge in [0.25, 0.3) is 0 Å². The van der Waals surface area contributed by atoms with Crippen LogP contribution in [0.2, 0.25) is 0 Å². The summed E-state index contributed by atoms with van der Waals surface area (Å²) >= 11 is 0. The van der Waals surface area contributed by atoms with Crippen LogP contribution in [-0.2, 0) is 25.6 Å². The maximum Gasteiger partial charge on any atom is 0.508 e. The van der Waals surface area contributed by atoms with Crippen LogP contribution in [0.5, 0.6) is 0 Å². The molecule has 1 aliphatic heterocycles. The van der Waals surface area contributed by atoms with Crippen LogP contribution in [0.25, 0.3) is 21.9 Å². The molecule has 1 aromatic heterocycles. The quantitative estimate of drug-likeness (QED) is 0.0374. The first-order valence-electron chi connectivity index (χ1n) is 18.8. The van der Waals surface area contributed by atoms with Crippen molar-refractivity contribution < 1.29 is 42.9 Å². The Hall–Kier alpha value is -6.48. The smallest absolute Gasteiger partial charge is 0.458 e. The van der Waals surface area contributed by atoms with E-state index in [1.807, 2.05) is 90.8 Å². The first-order chi connectivity index (χ1) is 28.2. The topological polar surface area (TPSA) is 133 Å². The highest BCUT2D eigenvalue weighted by Crippen LogP contribution is 2.48. The number of benzene rings is 5. The number of fused-ring (bicyclic) bond motifs is 3. The minimum Gasteiger partial charge on any atom is -0.458 e. The van der Waals surface area contributed by atoms with Gasteiger partial charge in [0.05, 0.1) is 29.7 Å². The van der Waals surface area contributed by atoms with Crippen molar-refractivity contribution in [3.63, 3.8) is 0 Å². The Balaban J connectivity index is 1.41. The summed E-state index contributed by atoms with van der Waals surface area (Å²) < 4.78 is 22.5. The molecule has 0 radical (unpaired) electrons. The Labute approximate surface area is 335 Å². The van der Waals surface area contributed by atoms with Crippen molar-refractivity contribution in [1.29, 1.82) is 0 Å². The van der Waals surface area contributed by atoms with Crippen LogP contribution < -0.4 is 15.9 Å². The molecule has 2 heterocycles. The summed E-state index contributed by atoms with van der Waals surface area (Å²) in [5, 5.41) is 13.6. The van der Waals surface area contributed by atoms with Crippen LogP contribution in [0.4, 0.5) is 4.79 Å². The Morgan fingerprint density at radius 3 is 2.12 bits per heavy atom. The number of likely N-dealkylation sites (tertiary alicyclic amines) is 1. The lowest BCUT2D eigenvalue weighted by atomic mass is 9.80. The van der Waals surface area contributed by atoms with Crippen LogP contribution >= 0.6 is 6.89 Å². The van der Waals surface area contributed by atoms with Gasteiger partial charge in [0, 0.05) is 23.1 Å². The first kappa shape index (κ1) is 39.7. The van der Waals surface area contributed by atoms with Crippen molar-refractivity contribution in [2.24, 2.45) is 5.92 Å². The highest BCUT2D eigenvalue weighted by atomic mass is 31.2. The molecule has 0 unspecified atom stereocenters. The molecule has 58 heavy (non-hydrogen) atoms. The van der Waals surface area contributed by atoms with Crippen molar-refractivity contribution in [3.05, 3.63) is 163 Å². The molecule has 1 aliphatic rings. The lowest BCUT2D eigenvalue weighted by Crippen LogP contribution is -2.65. The number of aliphatic hydroxyl groups is 1. The fourth-order valence-corrected chi connectivity index (χ4v) is 11.7. The number of ketones is 1. The van der Waals surface area contributed by atoms with E-state index in [4.69, 9.17) is 18.6 Å². The zero-order valence-electron chi connectivity index (χ0n) is 31.9. The summed E-state index contributed by atoms with van der Waals surface area (Å²) in [5.41, 5.74) is 2.29. The van der Waals surface area contributed by atoms with Gasteiger partial charge in [0.2, 0.25) is 5.91 Å². The second-order valence-electron chi connectivity index (χ2n) is 13.8. The SMILES string of the molecule is C=CCOC(=O)O[C@H](C)[C@H]1C(=O)N(C=P(c2ccccc2)(c2ccccc2)c2ccccc2C(=O)OCC=C)[C@@H]1CC(=O)c1cccc2c1oc1ccc(CO)cc12. The molecular formula is C47H42NO9P. The number of furan rings is 1. The van der Waals surface area contributed by atoms with Crippen molar-refractivity contribution in [2.75, 3.05) is 13.2 Å². The minimum absolute atomic E-state index is 0.00316. The third kappa shape index (κ3) is 7.52. The van der Waals surface area contributed by atoms with Gasteiger partial charge < -0.3 is 28.6 Å². The highest BCUT2D eigenvalue weighted by molar-refractivity contribution is 7.94. The first-order valence-corrected chi connectivity index (χ1v) is 20.7. The van der Waals surface area contributed by atoms with E-state index in [1.54, 1.807) is 48.2 Å². The fourth-order valence-electron chi connectivity index (χ4n) is 7.62. The number of carbonyl (C=O) groups is 4. The van der Waals surface area contributed by atoms with Crippen molar-refractivity contribution >= 4 is 74.5 Å². The summed E-state index contributed by atoms with van der Waals surface area (Å²) in [6.07, 6.45) is 0.798. The monoisotopic (exact) mass is 795 g/mol. The second-order valence-corrected chi connectivity index (χ2v) is 17.0. The van der Waals surface area contributed by atoms with Gasteiger partial charge in [0.1, 0.15) is 30.5 Å². The molecule has 0 spiro atoms. The van der Waals surface area contributed by atoms with E-state index in [9.17, 15) is 24.3 Å². The van der Waals surface area contributed by atoms with E-state index in [0.29, 0.717) is 38.5 Å². The standard InChI is InChI=1S/C47H42NO9P/c1-4-25-54-46(52)37-19-12-13-22-42(37)58(33-15-8-6-9-16-33,34-17-10-7-11-18-34)30-48-39(43(45(48)51)31(3)56-47(53)55-26-5-2)28-40(50)36-21-14-20-35-38-27-32(29-49)23-24-41(38)57-44(35)36/h4-24,27,30-31,39,43,49H,1-2,25-26,28-29H2,3H3/t31-,39-,43-/m1/s1. The molecule has 5 aromatic carbocycles. The lowest BCUT2D eigenvalue weighted by molar-refractivity contribution is -0.154. The lowest BCUT2D eigenvalue weighted by Gasteiger charge is -2.48. The summed E-state index contributed by atoms with van der Waals surface area (Å²) in [5.74, 6) is -0.270. The van der Waals surface area contributed by atoms with Crippen molar-refractivity contribution in [2.45, 2.75) is 32.1 Å². The Kier molecular flexibility index (Phi) is 11.9. The molecule has 0 aliphatic carbocycles. The Bertz CT molecular complexity index is 2540. The number of Topliss-reactive ketones (excluding diaryl/α,β-unsaturated/α-hetero) is 1. The number of ether oxygens (including phenoxy) is 3. The molecule has 1 amide bonds. The molecule has 1 saturated heterocycles.